The molecule has 2 fully saturated rings. The van der Waals surface area contributed by atoms with E-state index >= 15 is 0 Å². The Kier molecular flexibility index (Phi) is 10.4. The molecule has 36 heavy (non-hydrogen) atoms. The molecule has 10 heteroatoms. The Hall–Kier alpha value is -2.33. The van der Waals surface area contributed by atoms with Gasteiger partial charge in [0.2, 0.25) is 11.8 Å². The number of nitrogens with zero attached hydrogens (tertiary/aromatic N) is 4. The lowest BCUT2D eigenvalue weighted by Gasteiger charge is -2.54. The zero-order valence-electron chi connectivity index (χ0n) is 21.9. The minimum absolute atomic E-state index is 0.0141. The van der Waals surface area contributed by atoms with Crippen LogP contribution in [0.25, 0.3) is 0 Å². The summed E-state index contributed by atoms with van der Waals surface area (Å²) in [6, 6.07) is 5.06. The Morgan fingerprint density at radius 3 is 2.58 bits per heavy atom. The third-order valence-electron chi connectivity index (χ3n) is 7.12. The van der Waals surface area contributed by atoms with E-state index in [0.717, 1.165) is 37.0 Å². The number of hydrogen-bond acceptors (Lipinski definition) is 5. The molecule has 8 nitrogen and oxygen atoms in total. The summed E-state index contributed by atoms with van der Waals surface area (Å²) in [6.07, 6.45) is 6.23. The van der Waals surface area contributed by atoms with Gasteiger partial charge in [0.25, 0.3) is 0 Å². The second-order valence-electron chi connectivity index (χ2n) is 9.68. The summed E-state index contributed by atoms with van der Waals surface area (Å²) in [4.78, 5) is 43.7. The molecule has 4 amide bonds. The molecule has 1 aromatic rings. The van der Waals surface area contributed by atoms with Gasteiger partial charge < -0.3 is 15.1 Å². The smallest absolute Gasteiger partial charge is 0.334 e. The summed E-state index contributed by atoms with van der Waals surface area (Å²) < 4.78 is 13.3. The van der Waals surface area contributed by atoms with Gasteiger partial charge in [0.05, 0.1) is 13.1 Å². The predicted octanol–water partition coefficient (Wildman–Crippen LogP) is 3.53. The van der Waals surface area contributed by atoms with Crippen molar-refractivity contribution in [2.24, 2.45) is 5.92 Å². The number of piperazine rings is 1. The van der Waals surface area contributed by atoms with Crippen molar-refractivity contribution in [3.63, 3.8) is 0 Å². The van der Waals surface area contributed by atoms with Crippen molar-refractivity contribution in [2.45, 2.75) is 64.7 Å². The van der Waals surface area contributed by atoms with Crippen LogP contribution < -0.4 is 5.32 Å². The number of thioether (sulfide) groups is 1. The van der Waals surface area contributed by atoms with Gasteiger partial charge in [-0.1, -0.05) is 45.2 Å². The number of nitrogens with one attached hydrogen (secondary N) is 1. The van der Waals surface area contributed by atoms with Crippen molar-refractivity contribution in [3.8, 4) is 0 Å². The Morgan fingerprint density at radius 2 is 1.94 bits per heavy atom. The maximum absolute atomic E-state index is 13.6. The van der Waals surface area contributed by atoms with Crippen molar-refractivity contribution in [1.82, 2.24) is 25.1 Å². The maximum atomic E-state index is 13.6. The van der Waals surface area contributed by atoms with E-state index in [1.165, 1.54) is 12.1 Å². The second kappa shape index (κ2) is 13.3. The number of hydrazine groups is 1. The van der Waals surface area contributed by atoms with E-state index in [2.05, 4.69) is 19.2 Å². The van der Waals surface area contributed by atoms with E-state index in [4.69, 9.17) is 0 Å². The highest BCUT2D eigenvalue weighted by atomic mass is 32.2. The number of urea groups is 1. The predicted molar refractivity (Wildman–Crippen MR) is 140 cm³/mol. The first-order valence-electron chi connectivity index (χ1n) is 12.9. The molecule has 2 aliphatic rings. The molecule has 2 aliphatic heterocycles. The van der Waals surface area contributed by atoms with Crippen LogP contribution in [-0.2, 0) is 16.1 Å². The third-order valence-corrected chi connectivity index (χ3v) is 7.77. The fourth-order valence-corrected chi connectivity index (χ4v) is 5.52. The summed E-state index contributed by atoms with van der Waals surface area (Å²) in [5.41, 5.74) is 0.775. The van der Waals surface area contributed by atoms with E-state index in [-0.39, 0.29) is 43.3 Å². The molecule has 0 spiro atoms. The fourth-order valence-electron chi connectivity index (χ4n) is 5.07. The van der Waals surface area contributed by atoms with E-state index in [9.17, 15) is 18.8 Å². The van der Waals surface area contributed by atoms with Crippen LogP contribution in [0, 0.1) is 11.7 Å². The quantitative estimate of drug-likeness (QED) is 0.482. The lowest BCUT2D eigenvalue weighted by Crippen LogP contribution is -2.76. The van der Waals surface area contributed by atoms with Crippen LogP contribution in [0.15, 0.2) is 24.3 Å². The molecule has 3 rings (SSSR count). The first kappa shape index (κ1) is 28.2. The molecule has 0 aliphatic carbocycles. The van der Waals surface area contributed by atoms with E-state index in [1.54, 1.807) is 45.9 Å². The number of amides is 4. The normalized spacial score (nSPS) is 21.5. The number of hydrogen-bond donors (Lipinski definition) is 1. The largest absolute Gasteiger partial charge is 0.337 e. The van der Waals surface area contributed by atoms with Gasteiger partial charge in [-0.3, -0.25) is 9.59 Å². The number of rotatable bonds is 11. The number of unbranched alkanes of at least 4 members (excludes halogenated alkanes) is 1. The van der Waals surface area contributed by atoms with Gasteiger partial charge in [0.1, 0.15) is 18.0 Å². The molecule has 0 bridgehead atoms. The molecular formula is C26H40FN5O3S. The average molecular weight is 522 g/mol. The van der Waals surface area contributed by atoms with Gasteiger partial charge in [0.15, 0.2) is 0 Å². The molecule has 0 radical (unpaired) electrons. The maximum Gasteiger partial charge on any atom is 0.334 e. The summed E-state index contributed by atoms with van der Waals surface area (Å²) in [5, 5.41) is 6.12. The van der Waals surface area contributed by atoms with Crippen molar-refractivity contribution in [2.75, 3.05) is 38.7 Å². The van der Waals surface area contributed by atoms with Gasteiger partial charge in [-0.25, -0.2) is 19.2 Å². The summed E-state index contributed by atoms with van der Waals surface area (Å²) in [6.45, 7) is 5.51. The van der Waals surface area contributed by atoms with Crippen LogP contribution in [-0.4, -0.2) is 88.6 Å². The lowest BCUT2D eigenvalue weighted by atomic mass is 9.96. The highest BCUT2D eigenvalue weighted by Gasteiger charge is 2.50. The molecule has 2 saturated heterocycles. The number of carbonyl (C=O) groups is 3. The number of fused-ring (bicyclic) bond motifs is 1. The second-order valence-corrected chi connectivity index (χ2v) is 10.7. The van der Waals surface area contributed by atoms with Crippen LogP contribution in [0.2, 0.25) is 0 Å². The van der Waals surface area contributed by atoms with Crippen molar-refractivity contribution in [1.29, 1.82) is 0 Å². The average Bonchev–Trinajstić information content (AvgIpc) is 2.86. The van der Waals surface area contributed by atoms with Crippen molar-refractivity contribution >= 4 is 29.6 Å². The Morgan fingerprint density at radius 1 is 1.22 bits per heavy atom. The number of halogens is 1. The molecule has 1 N–H and O–H groups in total. The Labute approximate surface area is 218 Å². The minimum Gasteiger partial charge on any atom is -0.337 e. The molecular weight excluding hydrogens is 481 g/mol. The summed E-state index contributed by atoms with van der Waals surface area (Å²) in [5.74, 6) is 0.657. The first-order valence-corrected chi connectivity index (χ1v) is 14.3. The number of carbonyl (C=O) groups excluding carboxylic acids is 3. The molecule has 2 unspecified atom stereocenters. The number of likely N-dealkylation sites (N-methyl/N-ethyl adjacent to an activating group) is 1. The molecule has 1 aromatic carbocycles. The van der Waals surface area contributed by atoms with Crippen LogP contribution in [0.5, 0.6) is 0 Å². The van der Waals surface area contributed by atoms with Crippen LogP contribution in [0.4, 0.5) is 9.18 Å². The van der Waals surface area contributed by atoms with E-state index in [1.807, 2.05) is 11.2 Å². The molecule has 0 aromatic heterocycles. The fraction of sp³-hybridized carbons (Fsp3) is 0.654. The number of benzene rings is 1. The zero-order valence-corrected chi connectivity index (χ0v) is 22.7. The van der Waals surface area contributed by atoms with Gasteiger partial charge in [-0.05, 0) is 48.5 Å². The van der Waals surface area contributed by atoms with Crippen LogP contribution >= 0.6 is 11.8 Å². The summed E-state index contributed by atoms with van der Waals surface area (Å²) in [7, 11) is 1.72. The first-order chi connectivity index (χ1) is 17.3. The van der Waals surface area contributed by atoms with Gasteiger partial charge in [-0.2, -0.15) is 11.8 Å². The lowest BCUT2D eigenvalue weighted by molar-refractivity contribution is -0.187. The van der Waals surface area contributed by atoms with Gasteiger partial charge in [-0.15, -0.1) is 0 Å². The van der Waals surface area contributed by atoms with Crippen LogP contribution in [0.1, 0.15) is 51.5 Å². The highest BCUT2D eigenvalue weighted by molar-refractivity contribution is 7.98. The van der Waals surface area contributed by atoms with Crippen LogP contribution in [0.3, 0.4) is 0 Å². The monoisotopic (exact) mass is 521 g/mol. The van der Waals surface area contributed by atoms with Crippen molar-refractivity contribution in [3.05, 3.63) is 35.6 Å². The third kappa shape index (κ3) is 6.70. The SMILES string of the molecule is CCCCC(CC)CN1CC2N(C(=O)CN(C)N2C(=O)NCc2ccc(F)cc2)[C@@H](CCSC)C1=O. The molecule has 200 valence electrons. The zero-order chi connectivity index (χ0) is 26.2. The standard InChI is InChI=1S/C26H40FN5O3S/c1-5-7-8-19(6-2)16-30-17-23-31(22(25(30)34)13-14-36-4)24(33)18-29(3)32(23)26(35)28-15-20-9-11-21(27)12-10-20/h9-12,19,22-23H,5-8,13-18H2,1-4H3,(H,28,35)/t19?,22-,23?/m0/s1. The minimum atomic E-state index is -0.575. The Bertz CT molecular complexity index is 902. The topological polar surface area (TPSA) is 76.2 Å². The van der Waals surface area contributed by atoms with E-state index in [0.29, 0.717) is 18.9 Å². The van der Waals surface area contributed by atoms with Gasteiger partial charge in [0, 0.05) is 20.1 Å². The van der Waals surface area contributed by atoms with Gasteiger partial charge >= 0.3 is 6.03 Å². The molecule has 0 saturated carbocycles. The molecule has 3 atom stereocenters. The summed E-state index contributed by atoms with van der Waals surface area (Å²) >= 11 is 1.64. The van der Waals surface area contributed by atoms with Crippen molar-refractivity contribution < 1.29 is 18.8 Å². The van der Waals surface area contributed by atoms with E-state index < -0.39 is 12.2 Å². The highest BCUT2D eigenvalue weighted by Crippen LogP contribution is 2.29. The Balaban J connectivity index is 1.83. The molecule has 2 heterocycles.